The van der Waals surface area contributed by atoms with Crippen LogP contribution in [0.3, 0.4) is 0 Å². The fourth-order valence-corrected chi connectivity index (χ4v) is 3.31. The number of hydrogen-bond donors (Lipinski definition) is 0. The van der Waals surface area contributed by atoms with Crippen LogP contribution in [0.25, 0.3) is 11.4 Å². The SMILES string of the molecule is COc1ccc(-c2noc([C@H]3CC(=O)N(c4ccc(C)c(Cl)c4)C3)n2)cc1. The first-order chi connectivity index (χ1) is 13.0. The third kappa shape index (κ3) is 3.40. The van der Waals surface area contributed by atoms with Crippen LogP contribution >= 0.6 is 11.6 Å². The van der Waals surface area contributed by atoms with Crippen molar-refractivity contribution in [1.29, 1.82) is 0 Å². The molecular weight excluding hydrogens is 366 g/mol. The highest BCUT2D eigenvalue weighted by Crippen LogP contribution is 2.33. The van der Waals surface area contributed by atoms with Crippen LogP contribution in [0.15, 0.2) is 47.0 Å². The van der Waals surface area contributed by atoms with Crippen molar-refractivity contribution in [3.8, 4) is 17.1 Å². The maximum absolute atomic E-state index is 12.5. The zero-order valence-corrected chi connectivity index (χ0v) is 15.7. The van der Waals surface area contributed by atoms with E-state index in [1.54, 1.807) is 12.0 Å². The van der Waals surface area contributed by atoms with Gasteiger partial charge < -0.3 is 14.2 Å². The molecule has 1 fully saturated rings. The molecule has 0 N–H and O–H groups in total. The van der Waals surface area contributed by atoms with Crippen molar-refractivity contribution in [3.05, 3.63) is 58.9 Å². The summed E-state index contributed by atoms with van der Waals surface area (Å²) in [6.07, 6.45) is 0.329. The molecule has 7 heteroatoms. The normalized spacial score (nSPS) is 16.8. The Morgan fingerprint density at radius 2 is 2.00 bits per heavy atom. The van der Waals surface area contributed by atoms with Crippen LogP contribution < -0.4 is 9.64 Å². The molecule has 1 amide bonds. The summed E-state index contributed by atoms with van der Waals surface area (Å²) in [5.74, 6) is 1.60. The molecule has 1 saturated heterocycles. The zero-order chi connectivity index (χ0) is 19.0. The smallest absolute Gasteiger partial charge is 0.232 e. The molecule has 2 aromatic carbocycles. The van der Waals surface area contributed by atoms with E-state index in [0.717, 1.165) is 22.6 Å². The average Bonchev–Trinajstić information content (AvgIpc) is 3.31. The van der Waals surface area contributed by atoms with Crippen LogP contribution in [0.1, 0.15) is 23.8 Å². The average molecular weight is 384 g/mol. The Morgan fingerprint density at radius 3 is 2.70 bits per heavy atom. The fourth-order valence-electron chi connectivity index (χ4n) is 3.13. The number of aryl methyl sites for hydroxylation is 1. The van der Waals surface area contributed by atoms with Gasteiger partial charge in [-0.1, -0.05) is 22.8 Å². The van der Waals surface area contributed by atoms with E-state index in [2.05, 4.69) is 10.1 Å². The number of rotatable bonds is 4. The Labute approximate surface area is 161 Å². The van der Waals surface area contributed by atoms with E-state index in [4.69, 9.17) is 20.9 Å². The van der Waals surface area contributed by atoms with E-state index >= 15 is 0 Å². The summed E-state index contributed by atoms with van der Waals surface area (Å²) in [7, 11) is 1.62. The van der Waals surface area contributed by atoms with Gasteiger partial charge in [-0.15, -0.1) is 0 Å². The Bertz CT molecular complexity index is 984. The van der Waals surface area contributed by atoms with E-state index in [9.17, 15) is 4.79 Å². The molecule has 3 aromatic rings. The lowest BCUT2D eigenvalue weighted by Gasteiger charge is -2.17. The minimum Gasteiger partial charge on any atom is -0.497 e. The summed E-state index contributed by atoms with van der Waals surface area (Å²) in [4.78, 5) is 18.7. The number of anilines is 1. The minimum atomic E-state index is -0.142. The highest BCUT2D eigenvalue weighted by Gasteiger charge is 2.35. The van der Waals surface area contributed by atoms with Gasteiger partial charge in [0.05, 0.1) is 13.0 Å². The Kier molecular flexibility index (Phi) is 4.58. The van der Waals surface area contributed by atoms with E-state index in [0.29, 0.717) is 29.7 Å². The molecule has 0 aliphatic carbocycles. The van der Waals surface area contributed by atoms with Crippen molar-refractivity contribution in [1.82, 2.24) is 10.1 Å². The van der Waals surface area contributed by atoms with Gasteiger partial charge in [0.1, 0.15) is 5.75 Å². The number of halogens is 1. The van der Waals surface area contributed by atoms with E-state index < -0.39 is 0 Å². The van der Waals surface area contributed by atoms with Gasteiger partial charge in [-0.3, -0.25) is 4.79 Å². The van der Waals surface area contributed by atoms with Crippen LogP contribution in [0, 0.1) is 6.92 Å². The molecule has 1 aromatic heterocycles. The number of methoxy groups -OCH3 is 1. The van der Waals surface area contributed by atoms with Gasteiger partial charge in [-0.25, -0.2) is 0 Å². The van der Waals surface area contributed by atoms with Crippen molar-refractivity contribution in [2.45, 2.75) is 19.3 Å². The number of carbonyl (C=O) groups excluding carboxylic acids is 1. The predicted octanol–water partition coefficient (Wildman–Crippen LogP) is 4.23. The molecule has 6 nitrogen and oxygen atoms in total. The minimum absolute atomic E-state index is 0.0177. The first kappa shape index (κ1) is 17.5. The van der Waals surface area contributed by atoms with Crippen LogP contribution in [0.4, 0.5) is 5.69 Å². The summed E-state index contributed by atoms with van der Waals surface area (Å²) in [5, 5.41) is 4.70. The molecule has 138 valence electrons. The number of amides is 1. The monoisotopic (exact) mass is 383 g/mol. The summed E-state index contributed by atoms with van der Waals surface area (Å²) in [6.45, 7) is 2.42. The first-order valence-corrected chi connectivity index (χ1v) is 8.97. The van der Waals surface area contributed by atoms with Crippen molar-refractivity contribution in [2.75, 3.05) is 18.6 Å². The largest absolute Gasteiger partial charge is 0.497 e. The molecule has 0 radical (unpaired) electrons. The van der Waals surface area contributed by atoms with Crippen molar-refractivity contribution < 1.29 is 14.1 Å². The lowest BCUT2D eigenvalue weighted by atomic mass is 10.1. The number of carbonyl (C=O) groups is 1. The molecular formula is C20H18ClN3O3. The molecule has 0 unspecified atom stereocenters. The number of aromatic nitrogens is 2. The van der Waals surface area contributed by atoms with E-state index in [1.165, 1.54) is 0 Å². The second-order valence-corrected chi connectivity index (χ2v) is 6.93. The molecule has 0 saturated carbocycles. The lowest BCUT2D eigenvalue weighted by Crippen LogP contribution is -2.24. The van der Waals surface area contributed by atoms with Gasteiger partial charge in [0.2, 0.25) is 17.6 Å². The Hall–Kier alpha value is -2.86. The van der Waals surface area contributed by atoms with E-state index in [1.807, 2.05) is 49.4 Å². The molecule has 4 rings (SSSR count). The summed E-state index contributed by atoms with van der Waals surface area (Å²) in [5.41, 5.74) is 2.59. The highest BCUT2D eigenvalue weighted by atomic mass is 35.5. The van der Waals surface area contributed by atoms with Crippen LogP contribution in [-0.4, -0.2) is 29.7 Å². The summed E-state index contributed by atoms with van der Waals surface area (Å²) >= 11 is 6.20. The number of benzene rings is 2. The zero-order valence-electron chi connectivity index (χ0n) is 15.0. The third-order valence-corrected chi connectivity index (χ3v) is 5.14. The first-order valence-electron chi connectivity index (χ1n) is 8.59. The number of nitrogens with zero attached hydrogens (tertiary/aromatic N) is 3. The maximum Gasteiger partial charge on any atom is 0.232 e. The third-order valence-electron chi connectivity index (χ3n) is 4.73. The standard InChI is InChI=1S/C20H18ClN3O3/c1-12-3-6-15(10-17(12)21)24-11-14(9-18(24)25)20-22-19(23-27-20)13-4-7-16(26-2)8-5-13/h3-8,10,14H,9,11H2,1-2H3/t14-/m0/s1. The van der Waals surface area contributed by atoms with Crippen LogP contribution in [0.5, 0.6) is 5.75 Å². The van der Waals surface area contributed by atoms with Crippen molar-refractivity contribution in [3.63, 3.8) is 0 Å². The Morgan fingerprint density at radius 1 is 1.22 bits per heavy atom. The molecule has 1 aliphatic rings. The Balaban J connectivity index is 1.53. The molecule has 0 bridgehead atoms. The number of ether oxygens (including phenoxy) is 1. The highest BCUT2D eigenvalue weighted by molar-refractivity contribution is 6.31. The lowest BCUT2D eigenvalue weighted by molar-refractivity contribution is -0.117. The second kappa shape index (κ2) is 7.04. The molecule has 0 spiro atoms. The summed E-state index contributed by atoms with van der Waals surface area (Å²) < 4.78 is 10.6. The van der Waals surface area contributed by atoms with Gasteiger partial charge in [-0.2, -0.15) is 4.98 Å². The fraction of sp³-hybridized carbons (Fsp3) is 0.250. The van der Waals surface area contributed by atoms with Crippen LogP contribution in [0.2, 0.25) is 5.02 Å². The van der Waals surface area contributed by atoms with Gasteiger partial charge >= 0.3 is 0 Å². The number of hydrogen-bond acceptors (Lipinski definition) is 5. The topological polar surface area (TPSA) is 68.5 Å². The van der Waals surface area contributed by atoms with E-state index in [-0.39, 0.29) is 11.8 Å². The molecule has 1 atom stereocenters. The quantitative estimate of drug-likeness (QED) is 0.674. The molecule has 2 heterocycles. The van der Waals surface area contributed by atoms with Gasteiger partial charge in [0, 0.05) is 29.2 Å². The van der Waals surface area contributed by atoms with Crippen LogP contribution in [-0.2, 0) is 4.79 Å². The summed E-state index contributed by atoms with van der Waals surface area (Å²) in [6, 6.07) is 13.0. The van der Waals surface area contributed by atoms with Crippen molar-refractivity contribution in [2.24, 2.45) is 0 Å². The van der Waals surface area contributed by atoms with Gasteiger partial charge in [-0.05, 0) is 48.9 Å². The van der Waals surface area contributed by atoms with Crippen molar-refractivity contribution >= 4 is 23.2 Å². The van der Waals surface area contributed by atoms with Gasteiger partial charge in [0.25, 0.3) is 0 Å². The second-order valence-electron chi connectivity index (χ2n) is 6.52. The molecule has 1 aliphatic heterocycles. The van der Waals surface area contributed by atoms with Gasteiger partial charge in [0.15, 0.2) is 0 Å². The predicted molar refractivity (Wildman–Crippen MR) is 102 cm³/mol. The maximum atomic E-state index is 12.5. The molecule has 27 heavy (non-hydrogen) atoms.